The van der Waals surface area contributed by atoms with E-state index in [-0.39, 0.29) is 0 Å². The number of rotatable bonds is 4. The van der Waals surface area contributed by atoms with Crippen LogP contribution in [0.15, 0.2) is 29.4 Å². The lowest BCUT2D eigenvalue weighted by Crippen LogP contribution is -2.35. The van der Waals surface area contributed by atoms with E-state index in [2.05, 4.69) is 41.1 Å². The van der Waals surface area contributed by atoms with E-state index < -0.39 is 0 Å². The maximum atomic E-state index is 4.63. The molecule has 24 heavy (non-hydrogen) atoms. The summed E-state index contributed by atoms with van der Waals surface area (Å²) in [5.74, 6) is 1.48. The molecule has 0 N–H and O–H groups in total. The average molecular weight is 408 g/mol. The van der Waals surface area contributed by atoms with Gasteiger partial charge >= 0.3 is 0 Å². The molecular weight excluding hydrogens is 390 g/mol. The molecule has 0 spiro atoms. The SMILES string of the molecule is Cn1cnnc1C1CCCN(c2ncc(Cn3cc(Br)cn3)s2)C1. The topological polar surface area (TPSA) is 64.7 Å². The molecule has 0 amide bonds. The molecule has 126 valence electrons. The van der Waals surface area contributed by atoms with Crippen molar-refractivity contribution < 1.29 is 0 Å². The molecule has 7 nitrogen and oxygen atoms in total. The highest BCUT2D eigenvalue weighted by Gasteiger charge is 2.26. The predicted molar refractivity (Wildman–Crippen MR) is 96.3 cm³/mol. The van der Waals surface area contributed by atoms with E-state index >= 15 is 0 Å². The summed E-state index contributed by atoms with van der Waals surface area (Å²) in [6, 6.07) is 0. The van der Waals surface area contributed by atoms with Crippen LogP contribution in [0.2, 0.25) is 0 Å². The standard InChI is InChI=1S/C15H18BrN7S/c1-21-10-18-20-14(21)11-3-2-4-22(7-11)15-17-6-13(24-15)9-23-8-12(16)5-19-23/h5-6,8,10-11H,2-4,7,9H2,1H3. The van der Waals surface area contributed by atoms with E-state index in [1.54, 1.807) is 23.9 Å². The third-order valence-electron chi connectivity index (χ3n) is 4.26. The summed E-state index contributed by atoms with van der Waals surface area (Å²) in [6.07, 6.45) is 9.82. The molecule has 1 saturated heterocycles. The van der Waals surface area contributed by atoms with E-state index in [0.29, 0.717) is 5.92 Å². The number of thiazole rings is 1. The van der Waals surface area contributed by atoms with E-state index in [1.807, 2.05) is 28.7 Å². The monoisotopic (exact) mass is 407 g/mol. The highest BCUT2D eigenvalue weighted by atomic mass is 79.9. The Labute approximate surface area is 152 Å². The van der Waals surface area contributed by atoms with E-state index in [0.717, 1.165) is 47.9 Å². The zero-order valence-corrected chi connectivity index (χ0v) is 15.7. The van der Waals surface area contributed by atoms with Gasteiger partial charge in [0.25, 0.3) is 0 Å². The van der Waals surface area contributed by atoms with Gasteiger partial charge in [0.1, 0.15) is 12.2 Å². The van der Waals surface area contributed by atoms with Crippen molar-refractivity contribution in [1.82, 2.24) is 29.5 Å². The fourth-order valence-corrected chi connectivity index (χ4v) is 4.39. The van der Waals surface area contributed by atoms with Gasteiger partial charge in [0, 0.05) is 43.3 Å². The van der Waals surface area contributed by atoms with Gasteiger partial charge in [0.2, 0.25) is 0 Å². The molecule has 4 rings (SSSR count). The minimum Gasteiger partial charge on any atom is -0.347 e. The van der Waals surface area contributed by atoms with Gasteiger partial charge in [-0.25, -0.2) is 4.98 Å². The van der Waals surface area contributed by atoms with Crippen LogP contribution >= 0.6 is 27.3 Å². The van der Waals surface area contributed by atoms with E-state index in [9.17, 15) is 0 Å². The summed E-state index contributed by atoms with van der Waals surface area (Å²) in [5, 5.41) is 13.7. The highest BCUT2D eigenvalue weighted by Crippen LogP contribution is 2.31. The van der Waals surface area contributed by atoms with Crippen molar-refractivity contribution in [2.75, 3.05) is 18.0 Å². The van der Waals surface area contributed by atoms with Crippen molar-refractivity contribution in [3.05, 3.63) is 40.1 Å². The maximum absolute atomic E-state index is 4.63. The lowest BCUT2D eigenvalue weighted by molar-refractivity contribution is 0.480. The molecule has 3 aromatic rings. The van der Waals surface area contributed by atoms with Crippen LogP contribution in [0.1, 0.15) is 29.5 Å². The van der Waals surface area contributed by atoms with Crippen molar-refractivity contribution in [2.45, 2.75) is 25.3 Å². The number of hydrogen-bond acceptors (Lipinski definition) is 6. The van der Waals surface area contributed by atoms with Gasteiger partial charge in [0.15, 0.2) is 5.13 Å². The Balaban J connectivity index is 1.46. The zero-order valence-electron chi connectivity index (χ0n) is 13.3. The van der Waals surface area contributed by atoms with Crippen LogP contribution in [0.3, 0.4) is 0 Å². The van der Waals surface area contributed by atoms with Crippen LogP contribution in [0, 0.1) is 0 Å². The lowest BCUT2D eigenvalue weighted by Gasteiger charge is -2.31. The molecule has 0 radical (unpaired) electrons. The van der Waals surface area contributed by atoms with E-state index in [1.165, 1.54) is 4.88 Å². The predicted octanol–water partition coefficient (Wildman–Crippen LogP) is 2.66. The molecule has 0 saturated carbocycles. The second-order valence-electron chi connectivity index (χ2n) is 6.05. The molecule has 3 aromatic heterocycles. The average Bonchev–Trinajstić information content (AvgIpc) is 3.30. The van der Waals surface area contributed by atoms with Gasteiger partial charge in [-0.2, -0.15) is 5.10 Å². The van der Waals surface area contributed by atoms with E-state index in [4.69, 9.17) is 0 Å². The molecule has 9 heteroatoms. The molecule has 4 heterocycles. The Kier molecular flexibility index (Phi) is 4.36. The smallest absolute Gasteiger partial charge is 0.185 e. The summed E-state index contributed by atoms with van der Waals surface area (Å²) in [4.78, 5) is 8.21. The van der Waals surface area contributed by atoms with Gasteiger partial charge in [-0.1, -0.05) is 11.3 Å². The van der Waals surface area contributed by atoms with Gasteiger partial charge in [0.05, 0.1) is 17.2 Å². The summed E-state index contributed by atoms with van der Waals surface area (Å²) >= 11 is 5.17. The number of aromatic nitrogens is 6. The molecule has 1 atom stereocenters. The molecular formula is C15H18BrN7S. The number of anilines is 1. The van der Waals surface area contributed by atoms with Crippen LogP contribution in [0.5, 0.6) is 0 Å². The lowest BCUT2D eigenvalue weighted by atomic mass is 9.97. The van der Waals surface area contributed by atoms with Crippen molar-refractivity contribution in [3.8, 4) is 0 Å². The largest absolute Gasteiger partial charge is 0.347 e. The number of aryl methyl sites for hydroxylation is 1. The Bertz CT molecular complexity index is 823. The quantitative estimate of drug-likeness (QED) is 0.664. The first kappa shape index (κ1) is 15.8. The van der Waals surface area contributed by atoms with Gasteiger partial charge in [-0.15, -0.1) is 10.2 Å². The number of piperidine rings is 1. The minimum atomic E-state index is 0.417. The normalized spacial score (nSPS) is 18.2. The first-order chi connectivity index (χ1) is 11.7. The van der Waals surface area contributed by atoms with Crippen LogP contribution in [-0.2, 0) is 13.6 Å². The number of nitrogens with zero attached hydrogens (tertiary/aromatic N) is 7. The Morgan fingerprint density at radius 2 is 2.29 bits per heavy atom. The molecule has 0 aliphatic carbocycles. The summed E-state index contributed by atoms with van der Waals surface area (Å²) in [6.45, 7) is 2.76. The van der Waals surface area contributed by atoms with Crippen molar-refractivity contribution >= 4 is 32.4 Å². The molecule has 1 unspecified atom stereocenters. The Hall–Kier alpha value is -1.74. The zero-order chi connectivity index (χ0) is 16.5. The van der Waals surface area contributed by atoms with Gasteiger partial charge < -0.3 is 9.47 Å². The number of hydrogen-bond donors (Lipinski definition) is 0. The Morgan fingerprint density at radius 3 is 3.04 bits per heavy atom. The first-order valence-corrected chi connectivity index (χ1v) is 9.51. The summed E-state index contributed by atoms with van der Waals surface area (Å²) in [5.41, 5.74) is 0. The maximum Gasteiger partial charge on any atom is 0.185 e. The van der Waals surface area contributed by atoms with Gasteiger partial charge in [-0.05, 0) is 28.8 Å². The van der Waals surface area contributed by atoms with Crippen LogP contribution < -0.4 is 4.90 Å². The summed E-state index contributed by atoms with van der Waals surface area (Å²) in [7, 11) is 2.01. The minimum absolute atomic E-state index is 0.417. The van der Waals surface area contributed by atoms with Crippen LogP contribution in [-0.4, -0.2) is 42.6 Å². The second-order valence-corrected chi connectivity index (χ2v) is 8.06. The molecule has 1 aliphatic heterocycles. The van der Waals surface area contributed by atoms with Crippen molar-refractivity contribution in [1.29, 1.82) is 0 Å². The van der Waals surface area contributed by atoms with Crippen LogP contribution in [0.4, 0.5) is 5.13 Å². The highest BCUT2D eigenvalue weighted by molar-refractivity contribution is 9.10. The Morgan fingerprint density at radius 1 is 1.38 bits per heavy atom. The van der Waals surface area contributed by atoms with Crippen LogP contribution in [0.25, 0.3) is 0 Å². The first-order valence-electron chi connectivity index (χ1n) is 7.90. The third-order valence-corrected chi connectivity index (χ3v) is 5.72. The fraction of sp³-hybridized carbons (Fsp3) is 0.467. The molecule has 1 aliphatic rings. The van der Waals surface area contributed by atoms with Crippen molar-refractivity contribution in [3.63, 3.8) is 0 Å². The van der Waals surface area contributed by atoms with Crippen molar-refractivity contribution in [2.24, 2.45) is 7.05 Å². The molecule has 0 aromatic carbocycles. The summed E-state index contributed by atoms with van der Waals surface area (Å²) < 4.78 is 4.94. The fourth-order valence-electron chi connectivity index (χ4n) is 3.12. The van der Waals surface area contributed by atoms with Gasteiger partial charge in [-0.3, -0.25) is 4.68 Å². The third kappa shape index (κ3) is 3.23. The molecule has 1 fully saturated rings. The number of halogens is 1. The second kappa shape index (κ2) is 6.64. The molecule has 0 bridgehead atoms.